The zero-order chi connectivity index (χ0) is 13.2. The summed E-state index contributed by atoms with van der Waals surface area (Å²) < 4.78 is 0. The maximum absolute atomic E-state index is 8.97. The smallest absolute Gasteiger partial charge is 0.125 e. The predicted octanol–water partition coefficient (Wildman–Crippen LogP) is 3.18. The summed E-state index contributed by atoms with van der Waals surface area (Å²) in [6, 6.07) is 10.2. The number of hydrogen-bond donors (Lipinski definition) is 1. The molecule has 0 spiro atoms. The van der Waals surface area contributed by atoms with Crippen molar-refractivity contribution in [2.45, 2.75) is 29.2 Å². The van der Waals surface area contributed by atoms with Crippen molar-refractivity contribution in [3.05, 3.63) is 47.2 Å². The van der Waals surface area contributed by atoms with E-state index in [4.69, 9.17) is 11.0 Å². The van der Waals surface area contributed by atoms with Gasteiger partial charge in [-0.25, -0.2) is 4.98 Å². The van der Waals surface area contributed by atoms with E-state index in [0.717, 1.165) is 11.3 Å². The van der Waals surface area contributed by atoms with Crippen LogP contribution in [0.4, 0.5) is 5.69 Å². The van der Waals surface area contributed by atoms with Crippen molar-refractivity contribution < 1.29 is 0 Å². The van der Waals surface area contributed by atoms with Crippen molar-refractivity contribution in [3.8, 4) is 6.07 Å². The van der Waals surface area contributed by atoms with Crippen molar-refractivity contribution in [2.24, 2.45) is 0 Å². The molecule has 0 saturated carbocycles. The van der Waals surface area contributed by atoms with Gasteiger partial charge >= 0.3 is 0 Å². The van der Waals surface area contributed by atoms with E-state index in [9.17, 15) is 0 Å². The SMILES string of the molecule is N#Cc1ccnc(Sc2ccc3c(c2)CCC3)c1N. The molecule has 2 aromatic rings. The summed E-state index contributed by atoms with van der Waals surface area (Å²) in [7, 11) is 0. The van der Waals surface area contributed by atoms with Gasteiger partial charge in [-0.05, 0) is 48.6 Å². The Morgan fingerprint density at radius 3 is 2.89 bits per heavy atom. The molecule has 0 aliphatic heterocycles. The van der Waals surface area contributed by atoms with E-state index in [0.29, 0.717) is 16.3 Å². The molecule has 19 heavy (non-hydrogen) atoms. The quantitative estimate of drug-likeness (QED) is 0.907. The number of nitriles is 1. The van der Waals surface area contributed by atoms with Gasteiger partial charge in [-0.15, -0.1) is 0 Å². The highest BCUT2D eigenvalue weighted by atomic mass is 32.2. The fraction of sp³-hybridized carbons (Fsp3) is 0.200. The van der Waals surface area contributed by atoms with Crippen LogP contribution in [-0.4, -0.2) is 4.98 Å². The summed E-state index contributed by atoms with van der Waals surface area (Å²) >= 11 is 1.52. The topological polar surface area (TPSA) is 62.7 Å². The third kappa shape index (κ3) is 2.29. The van der Waals surface area contributed by atoms with Gasteiger partial charge in [0, 0.05) is 11.1 Å². The van der Waals surface area contributed by atoms with Gasteiger partial charge in [0.15, 0.2) is 0 Å². The molecule has 1 aromatic heterocycles. The lowest BCUT2D eigenvalue weighted by Gasteiger charge is -2.07. The van der Waals surface area contributed by atoms with Crippen molar-refractivity contribution >= 4 is 17.4 Å². The predicted molar refractivity (Wildman–Crippen MR) is 76.0 cm³/mol. The minimum Gasteiger partial charge on any atom is -0.395 e. The molecule has 3 rings (SSSR count). The number of hydrogen-bond acceptors (Lipinski definition) is 4. The van der Waals surface area contributed by atoms with Crippen LogP contribution >= 0.6 is 11.8 Å². The number of rotatable bonds is 2. The Labute approximate surface area is 116 Å². The normalized spacial score (nSPS) is 13.0. The Bertz CT molecular complexity index is 674. The molecule has 1 aliphatic rings. The van der Waals surface area contributed by atoms with Gasteiger partial charge in [-0.2, -0.15) is 5.26 Å². The Morgan fingerprint density at radius 1 is 1.21 bits per heavy atom. The highest BCUT2D eigenvalue weighted by Crippen LogP contribution is 2.34. The minimum atomic E-state index is 0.468. The molecule has 1 heterocycles. The van der Waals surface area contributed by atoms with E-state index >= 15 is 0 Å². The second-order valence-electron chi connectivity index (χ2n) is 4.58. The number of fused-ring (bicyclic) bond motifs is 1. The van der Waals surface area contributed by atoms with Crippen LogP contribution < -0.4 is 5.73 Å². The Balaban J connectivity index is 1.92. The molecule has 2 N–H and O–H groups in total. The van der Waals surface area contributed by atoms with E-state index in [1.54, 1.807) is 12.3 Å². The Morgan fingerprint density at radius 2 is 2.05 bits per heavy atom. The molecule has 0 fully saturated rings. The van der Waals surface area contributed by atoms with Gasteiger partial charge in [0.25, 0.3) is 0 Å². The van der Waals surface area contributed by atoms with Gasteiger partial charge in [0.1, 0.15) is 11.1 Å². The lowest BCUT2D eigenvalue weighted by molar-refractivity contribution is 0.911. The number of aromatic nitrogens is 1. The average molecular weight is 267 g/mol. The molecule has 1 aromatic carbocycles. The first kappa shape index (κ1) is 12.1. The van der Waals surface area contributed by atoms with E-state index in [-0.39, 0.29) is 0 Å². The molecular formula is C15H13N3S. The molecule has 0 atom stereocenters. The van der Waals surface area contributed by atoms with Crippen LogP contribution in [0.1, 0.15) is 23.1 Å². The summed E-state index contributed by atoms with van der Waals surface area (Å²) in [5, 5.41) is 9.67. The minimum absolute atomic E-state index is 0.468. The first-order chi connectivity index (χ1) is 9.28. The number of nitrogens with zero attached hydrogens (tertiary/aromatic N) is 2. The van der Waals surface area contributed by atoms with Crippen LogP contribution in [0.5, 0.6) is 0 Å². The monoisotopic (exact) mass is 267 g/mol. The van der Waals surface area contributed by atoms with Crippen LogP contribution in [0.25, 0.3) is 0 Å². The molecule has 4 heteroatoms. The Hall–Kier alpha value is -1.99. The number of anilines is 1. The second-order valence-corrected chi connectivity index (χ2v) is 5.64. The summed E-state index contributed by atoms with van der Waals surface area (Å²) in [5.74, 6) is 0. The van der Waals surface area contributed by atoms with Crippen molar-refractivity contribution in [1.29, 1.82) is 5.26 Å². The van der Waals surface area contributed by atoms with Gasteiger partial charge in [-0.1, -0.05) is 17.8 Å². The highest BCUT2D eigenvalue weighted by molar-refractivity contribution is 7.99. The molecular weight excluding hydrogens is 254 g/mol. The Kier molecular flexibility index (Phi) is 3.14. The molecule has 0 bridgehead atoms. The largest absolute Gasteiger partial charge is 0.395 e. The molecule has 0 saturated heterocycles. The van der Waals surface area contributed by atoms with Gasteiger partial charge in [0.2, 0.25) is 0 Å². The van der Waals surface area contributed by atoms with E-state index in [1.165, 1.54) is 35.7 Å². The number of aryl methyl sites for hydroxylation is 2. The number of nitrogens with two attached hydrogens (primary N) is 1. The zero-order valence-corrected chi connectivity index (χ0v) is 11.2. The van der Waals surface area contributed by atoms with E-state index in [2.05, 4.69) is 29.3 Å². The number of benzene rings is 1. The van der Waals surface area contributed by atoms with Crippen molar-refractivity contribution in [2.75, 3.05) is 5.73 Å². The molecule has 0 unspecified atom stereocenters. The molecule has 94 valence electrons. The molecule has 3 nitrogen and oxygen atoms in total. The molecule has 0 amide bonds. The fourth-order valence-corrected chi connectivity index (χ4v) is 3.25. The van der Waals surface area contributed by atoms with Crippen LogP contribution in [0.3, 0.4) is 0 Å². The summed E-state index contributed by atoms with van der Waals surface area (Å²) in [5.41, 5.74) is 9.79. The fourth-order valence-electron chi connectivity index (χ4n) is 2.36. The summed E-state index contributed by atoms with van der Waals surface area (Å²) in [6.45, 7) is 0. The van der Waals surface area contributed by atoms with Gasteiger partial charge in [0.05, 0.1) is 11.3 Å². The summed E-state index contributed by atoms with van der Waals surface area (Å²) in [6.07, 6.45) is 5.22. The maximum Gasteiger partial charge on any atom is 0.125 e. The van der Waals surface area contributed by atoms with Crippen LogP contribution in [0.15, 0.2) is 40.4 Å². The molecule has 0 radical (unpaired) electrons. The highest BCUT2D eigenvalue weighted by Gasteiger charge is 2.13. The van der Waals surface area contributed by atoms with E-state index in [1.807, 2.05) is 0 Å². The number of pyridine rings is 1. The number of nitrogen functional groups attached to an aromatic ring is 1. The summed E-state index contributed by atoms with van der Waals surface area (Å²) in [4.78, 5) is 5.40. The molecule has 1 aliphatic carbocycles. The zero-order valence-electron chi connectivity index (χ0n) is 10.4. The average Bonchev–Trinajstić information content (AvgIpc) is 2.88. The van der Waals surface area contributed by atoms with Crippen LogP contribution in [0, 0.1) is 11.3 Å². The third-order valence-electron chi connectivity index (χ3n) is 3.36. The standard InChI is InChI=1S/C15H13N3S/c16-9-12-6-7-18-15(14(12)17)19-13-5-4-10-2-1-3-11(10)8-13/h4-8H,1-3,17H2. The second kappa shape index (κ2) is 4.94. The maximum atomic E-state index is 8.97. The van der Waals surface area contributed by atoms with Gasteiger partial charge in [-0.3, -0.25) is 0 Å². The lowest BCUT2D eigenvalue weighted by Crippen LogP contribution is -1.95. The first-order valence-corrected chi connectivity index (χ1v) is 7.04. The van der Waals surface area contributed by atoms with Crippen molar-refractivity contribution in [1.82, 2.24) is 4.98 Å². The third-order valence-corrected chi connectivity index (χ3v) is 4.37. The first-order valence-electron chi connectivity index (χ1n) is 6.22. The van der Waals surface area contributed by atoms with Crippen molar-refractivity contribution in [3.63, 3.8) is 0 Å². The van der Waals surface area contributed by atoms with Crippen LogP contribution in [-0.2, 0) is 12.8 Å². The van der Waals surface area contributed by atoms with E-state index < -0.39 is 0 Å². The van der Waals surface area contributed by atoms with Gasteiger partial charge < -0.3 is 5.73 Å². The lowest BCUT2D eigenvalue weighted by atomic mass is 10.1. The van der Waals surface area contributed by atoms with Crippen LogP contribution in [0.2, 0.25) is 0 Å².